The molecule has 29 heavy (non-hydrogen) atoms. The number of amides is 2. The van der Waals surface area contributed by atoms with Gasteiger partial charge in [-0.15, -0.1) is 0 Å². The molecule has 0 saturated heterocycles. The van der Waals surface area contributed by atoms with Gasteiger partial charge >= 0.3 is 0 Å². The molecule has 0 aliphatic rings. The number of benzene rings is 2. The van der Waals surface area contributed by atoms with E-state index < -0.39 is 6.04 Å². The van der Waals surface area contributed by atoms with Crippen LogP contribution in [-0.4, -0.2) is 29.3 Å². The van der Waals surface area contributed by atoms with Gasteiger partial charge in [0, 0.05) is 28.7 Å². The monoisotopic (exact) mass is 434 g/mol. The second-order valence-electron chi connectivity index (χ2n) is 6.95. The zero-order valence-corrected chi connectivity index (χ0v) is 18.5. The van der Waals surface area contributed by atoms with Gasteiger partial charge in [0.1, 0.15) is 6.04 Å². The van der Waals surface area contributed by atoms with Crippen molar-refractivity contribution in [3.8, 4) is 0 Å². The van der Waals surface area contributed by atoms with Gasteiger partial charge in [-0.05, 0) is 30.5 Å². The Morgan fingerprint density at radius 3 is 2.24 bits per heavy atom. The molecule has 6 heteroatoms. The van der Waals surface area contributed by atoms with Crippen LogP contribution < -0.4 is 5.32 Å². The summed E-state index contributed by atoms with van der Waals surface area (Å²) in [5.74, 6) is -0.282. The van der Waals surface area contributed by atoms with Crippen LogP contribution in [0.3, 0.4) is 0 Å². The fourth-order valence-corrected chi connectivity index (χ4v) is 3.67. The first-order chi connectivity index (χ1) is 14.0. The van der Waals surface area contributed by atoms with E-state index in [2.05, 4.69) is 12.2 Å². The molecular weight excluding hydrogens is 407 g/mol. The Kier molecular flexibility index (Phi) is 9.49. The van der Waals surface area contributed by atoms with E-state index in [-0.39, 0.29) is 24.8 Å². The summed E-state index contributed by atoms with van der Waals surface area (Å²) < 4.78 is 0. The van der Waals surface area contributed by atoms with E-state index >= 15 is 0 Å². The maximum Gasteiger partial charge on any atom is 0.242 e. The Bertz CT molecular complexity index is 792. The molecule has 0 aliphatic carbocycles. The molecule has 0 bridgehead atoms. The Morgan fingerprint density at radius 1 is 1.00 bits per heavy atom. The normalized spacial score (nSPS) is 11.7. The third-order valence-electron chi connectivity index (χ3n) is 4.80. The van der Waals surface area contributed by atoms with Crippen molar-refractivity contribution in [1.29, 1.82) is 0 Å². The van der Waals surface area contributed by atoms with Crippen LogP contribution in [-0.2, 0) is 22.6 Å². The topological polar surface area (TPSA) is 49.4 Å². The van der Waals surface area contributed by atoms with E-state index in [9.17, 15) is 9.59 Å². The van der Waals surface area contributed by atoms with Crippen LogP contribution in [0.2, 0.25) is 10.0 Å². The Hall–Kier alpha value is -2.04. The third-order valence-corrected chi connectivity index (χ3v) is 5.51. The summed E-state index contributed by atoms with van der Waals surface area (Å²) in [6.45, 7) is 4.75. The number of halogens is 2. The van der Waals surface area contributed by atoms with Crippen molar-refractivity contribution in [2.75, 3.05) is 6.54 Å². The highest BCUT2D eigenvalue weighted by Gasteiger charge is 2.29. The lowest BCUT2D eigenvalue weighted by atomic mass is 10.1. The van der Waals surface area contributed by atoms with Gasteiger partial charge < -0.3 is 10.2 Å². The number of nitrogens with zero attached hydrogens (tertiary/aromatic N) is 1. The molecule has 156 valence electrons. The number of unbranched alkanes of at least 4 members (excludes halogenated alkanes) is 1. The van der Waals surface area contributed by atoms with E-state index in [1.807, 2.05) is 37.3 Å². The largest absolute Gasteiger partial charge is 0.354 e. The SMILES string of the molecule is CCCCNC(=O)[C@@H](CC)N(Cc1c(Cl)cccc1Cl)C(=O)Cc1ccccc1. The lowest BCUT2D eigenvalue weighted by Crippen LogP contribution is -2.49. The molecule has 1 N–H and O–H groups in total. The van der Waals surface area contributed by atoms with Crippen molar-refractivity contribution >= 4 is 35.0 Å². The molecule has 0 aliphatic heterocycles. The number of nitrogens with one attached hydrogen (secondary N) is 1. The van der Waals surface area contributed by atoms with Crippen molar-refractivity contribution in [3.63, 3.8) is 0 Å². The summed E-state index contributed by atoms with van der Waals surface area (Å²) in [6, 6.07) is 14.2. The Balaban J connectivity index is 2.30. The molecule has 0 fully saturated rings. The van der Waals surface area contributed by atoms with E-state index in [0.717, 1.165) is 18.4 Å². The minimum Gasteiger partial charge on any atom is -0.354 e. The molecule has 2 aromatic rings. The summed E-state index contributed by atoms with van der Waals surface area (Å²) in [4.78, 5) is 27.7. The lowest BCUT2D eigenvalue weighted by molar-refractivity contribution is -0.140. The molecule has 2 aromatic carbocycles. The molecule has 4 nitrogen and oxygen atoms in total. The Morgan fingerprint density at radius 2 is 1.66 bits per heavy atom. The summed E-state index contributed by atoms with van der Waals surface area (Å²) in [5, 5.41) is 3.92. The van der Waals surface area contributed by atoms with Crippen LogP contribution in [0.4, 0.5) is 0 Å². The highest BCUT2D eigenvalue weighted by Crippen LogP contribution is 2.27. The highest BCUT2D eigenvalue weighted by atomic mass is 35.5. The fraction of sp³-hybridized carbons (Fsp3) is 0.391. The first-order valence-corrected chi connectivity index (χ1v) is 10.8. The Labute approximate surface area is 183 Å². The smallest absolute Gasteiger partial charge is 0.242 e. The zero-order chi connectivity index (χ0) is 21.2. The zero-order valence-electron chi connectivity index (χ0n) is 17.0. The number of rotatable bonds is 10. The molecule has 2 amide bonds. The first kappa shape index (κ1) is 23.2. The second kappa shape index (κ2) is 11.8. The number of hydrogen-bond donors (Lipinski definition) is 1. The van der Waals surface area contributed by atoms with Crippen LogP contribution >= 0.6 is 23.2 Å². The van der Waals surface area contributed by atoms with Gasteiger partial charge in [0.2, 0.25) is 11.8 Å². The molecular formula is C23H28Cl2N2O2. The molecule has 0 aromatic heterocycles. The average Bonchev–Trinajstić information content (AvgIpc) is 2.71. The molecule has 0 saturated carbocycles. The number of carbonyl (C=O) groups excluding carboxylic acids is 2. The molecule has 2 rings (SSSR count). The van der Waals surface area contributed by atoms with Gasteiger partial charge in [0.15, 0.2) is 0 Å². The third kappa shape index (κ3) is 6.76. The lowest BCUT2D eigenvalue weighted by Gasteiger charge is -2.31. The van der Waals surface area contributed by atoms with Gasteiger partial charge in [-0.25, -0.2) is 0 Å². The van der Waals surface area contributed by atoms with E-state index in [0.29, 0.717) is 28.6 Å². The van der Waals surface area contributed by atoms with Crippen LogP contribution in [0.15, 0.2) is 48.5 Å². The van der Waals surface area contributed by atoms with E-state index in [1.165, 1.54) is 0 Å². The summed E-state index contributed by atoms with van der Waals surface area (Å²) in [7, 11) is 0. The summed E-state index contributed by atoms with van der Waals surface area (Å²) in [6.07, 6.45) is 2.60. The maximum absolute atomic E-state index is 13.2. The van der Waals surface area contributed by atoms with Crippen molar-refractivity contribution in [1.82, 2.24) is 10.2 Å². The second-order valence-corrected chi connectivity index (χ2v) is 7.77. The number of hydrogen-bond acceptors (Lipinski definition) is 2. The minimum atomic E-state index is -0.588. The minimum absolute atomic E-state index is 0.135. The molecule has 1 atom stereocenters. The van der Waals surface area contributed by atoms with Crippen molar-refractivity contribution in [2.24, 2.45) is 0 Å². The van der Waals surface area contributed by atoms with Crippen LogP contribution in [0, 0.1) is 0 Å². The van der Waals surface area contributed by atoms with E-state index in [4.69, 9.17) is 23.2 Å². The van der Waals surface area contributed by atoms with Gasteiger partial charge in [0.05, 0.1) is 6.42 Å². The first-order valence-electron chi connectivity index (χ1n) is 10.0. The van der Waals surface area contributed by atoms with Crippen molar-refractivity contribution in [3.05, 3.63) is 69.7 Å². The van der Waals surface area contributed by atoms with Crippen molar-refractivity contribution < 1.29 is 9.59 Å². The summed E-state index contributed by atoms with van der Waals surface area (Å²) in [5.41, 5.74) is 1.55. The predicted molar refractivity (Wildman–Crippen MR) is 119 cm³/mol. The quantitative estimate of drug-likeness (QED) is 0.518. The maximum atomic E-state index is 13.2. The predicted octanol–water partition coefficient (Wildman–Crippen LogP) is 5.26. The molecule has 0 radical (unpaired) electrons. The molecule has 0 unspecified atom stereocenters. The fourth-order valence-electron chi connectivity index (χ4n) is 3.15. The molecule has 0 spiro atoms. The summed E-state index contributed by atoms with van der Waals surface area (Å²) >= 11 is 12.7. The number of carbonyl (C=O) groups is 2. The van der Waals surface area contributed by atoms with Crippen LogP contribution in [0.5, 0.6) is 0 Å². The van der Waals surface area contributed by atoms with Gasteiger partial charge in [-0.1, -0.05) is 79.9 Å². The van der Waals surface area contributed by atoms with E-state index in [1.54, 1.807) is 23.1 Å². The van der Waals surface area contributed by atoms with Gasteiger partial charge in [-0.2, -0.15) is 0 Å². The van der Waals surface area contributed by atoms with Crippen LogP contribution in [0.25, 0.3) is 0 Å². The van der Waals surface area contributed by atoms with Gasteiger partial charge in [-0.3, -0.25) is 9.59 Å². The van der Waals surface area contributed by atoms with Crippen molar-refractivity contribution in [2.45, 2.75) is 52.1 Å². The van der Waals surface area contributed by atoms with Gasteiger partial charge in [0.25, 0.3) is 0 Å². The average molecular weight is 435 g/mol. The standard InChI is InChI=1S/C23H28Cl2N2O2/c1-3-5-14-26-23(29)21(4-2)27(16-18-19(24)12-9-13-20(18)25)22(28)15-17-10-7-6-8-11-17/h6-13,21H,3-5,14-16H2,1-2H3,(H,26,29)/t21-/m1/s1. The highest BCUT2D eigenvalue weighted by molar-refractivity contribution is 6.36. The molecule has 0 heterocycles. The van der Waals surface area contributed by atoms with Crippen LogP contribution in [0.1, 0.15) is 44.2 Å².